The summed E-state index contributed by atoms with van der Waals surface area (Å²) in [5.74, 6) is 0.939. The molecule has 1 aliphatic carbocycles. The molecule has 2 heterocycles. The number of hydrogen-bond acceptors (Lipinski definition) is 2. The van der Waals surface area contributed by atoms with Crippen LogP contribution in [0.3, 0.4) is 0 Å². The summed E-state index contributed by atoms with van der Waals surface area (Å²) in [5, 5.41) is 2.51. The van der Waals surface area contributed by atoms with Crippen molar-refractivity contribution in [3.05, 3.63) is 175 Å². The Kier molecular flexibility index (Phi) is 6.38. The lowest BCUT2D eigenvalue weighted by Crippen LogP contribution is -2.17. The van der Waals surface area contributed by atoms with Crippen molar-refractivity contribution < 1.29 is 0 Å². The van der Waals surface area contributed by atoms with Crippen LogP contribution in [-0.4, -0.2) is 9.55 Å². The van der Waals surface area contributed by atoms with Crippen LogP contribution in [0.25, 0.3) is 49.7 Å². The maximum absolute atomic E-state index is 4.90. The van der Waals surface area contributed by atoms with Crippen LogP contribution in [0.4, 0.5) is 17.2 Å². The Morgan fingerprint density at radius 3 is 2.06 bits per heavy atom. The second-order valence-corrected chi connectivity index (χ2v) is 13.3. The number of nitrogens with zero attached hydrogens (tertiary/aromatic N) is 3. The Morgan fingerprint density at radius 2 is 1.23 bits per heavy atom. The summed E-state index contributed by atoms with van der Waals surface area (Å²) in [4.78, 5) is 7.20. The fourth-order valence-corrected chi connectivity index (χ4v) is 7.75. The Hall–Kier alpha value is -5.93. The summed E-state index contributed by atoms with van der Waals surface area (Å²) in [6.45, 7) is 6.80. The maximum atomic E-state index is 4.90. The Bertz CT molecular complexity index is 2490. The number of anilines is 3. The minimum Gasteiger partial charge on any atom is -0.309 e. The van der Waals surface area contributed by atoms with Crippen LogP contribution >= 0.6 is 0 Å². The van der Waals surface area contributed by atoms with Gasteiger partial charge in [0, 0.05) is 39.4 Å². The molecule has 3 heteroatoms. The molecule has 2 aromatic heterocycles. The highest BCUT2D eigenvalue weighted by molar-refractivity contribution is 6.10. The first-order valence-electron chi connectivity index (χ1n) is 16.6. The van der Waals surface area contributed by atoms with Crippen molar-refractivity contribution >= 4 is 39.0 Å². The van der Waals surface area contributed by atoms with Crippen molar-refractivity contribution in [3.63, 3.8) is 0 Å². The third kappa shape index (κ3) is 4.31. The van der Waals surface area contributed by atoms with Crippen LogP contribution in [0.2, 0.25) is 0 Å². The lowest BCUT2D eigenvalue weighted by atomic mass is 9.82. The minimum atomic E-state index is -0.0844. The summed E-state index contributed by atoms with van der Waals surface area (Å²) in [6.07, 6.45) is 1.89. The van der Waals surface area contributed by atoms with Gasteiger partial charge in [0.15, 0.2) is 0 Å². The molecule has 8 aromatic rings. The molecule has 48 heavy (non-hydrogen) atoms. The molecular formula is C45H35N3. The SMILES string of the molecule is Cc1cccnc1N(c1ccc(-c2ccc3c(c2)c2ccccc2n3-c2ccccc2)cc1)c1ccc2c(c1)C(C)(C)c1ccccc1-2. The van der Waals surface area contributed by atoms with Crippen LogP contribution in [0.5, 0.6) is 0 Å². The van der Waals surface area contributed by atoms with Gasteiger partial charge in [-0.15, -0.1) is 0 Å². The molecule has 3 nitrogen and oxygen atoms in total. The van der Waals surface area contributed by atoms with Crippen LogP contribution in [-0.2, 0) is 5.41 Å². The summed E-state index contributed by atoms with van der Waals surface area (Å²) < 4.78 is 2.36. The third-order valence-electron chi connectivity index (χ3n) is 10.2. The van der Waals surface area contributed by atoms with Gasteiger partial charge in [0.1, 0.15) is 5.82 Å². The highest BCUT2D eigenvalue weighted by Gasteiger charge is 2.35. The first-order chi connectivity index (χ1) is 23.5. The van der Waals surface area contributed by atoms with Gasteiger partial charge in [-0.3, -0.25) is 4.90 Å². The number of aryl methyl sites for hydroxylation is 1. The van der Waals surface area contributed by atoms with Gasteiger partial charge in [0.05, 0.1) is 11.0 Å². The van der Waals surface area contributed by atoms with Crippen molar-refractivity contribution in [1.29, 1.82) is 0 Å². The van der Waals surface area contributed by atoms with Crippen LogP contribution in [0.15, 0.2) is 158 Å². The van der Waals surface area contributed by atoms with Gasteiger partial charge in [-0.05, 0) is 107 Å². The fourth-order valence-electron chi connectivity index (χ4n) is 7.75. The topological polar surface area (TPSA) is 21.1 Å². The van der Waals surface area contributed by atoms with Crippen molar-refractivity contribution in [3.8, 4) is 27.9 Å². The van der Waals surface area contributed by atoms with Gasteiger partial charge >= 0.3 is 0 Å². The lowest BCUT2D eigenvalue weighted by molar-refractivity contribution is 0.660. The Morgan fingerprint density at radius 1 is 0.542 bits per heavy atom. The fraction of sp³-hybridized carbons (Fsp3) is 0.0889. The van der Waals surface area contributed by atoms with Gasteiger partial charge in [-0.25, -0.2) is 4.98 Å². The lowest BCUT2D eigenvalue weighted by Gasteiger charge is -2.28. The normalized spacial score (nSPS) is 13.1. The van der Waals surface area contributed by atoms with Gasteiger partial charge in [0.25, 0.3) is 0 Å². The molecule has 0 bridgehead atoms. The summed E-state index contributed by atoms with van der Waals surface area (Å²) in [6, 6.07) is 55.0. The highest BCUT2D eigenvalue weighted by Crippen LogP contribution is 2.50. The summed E-state index contributed by atoms with van der Waals surface area (Å²) in [7, 11) is 0. The number of benzene rings is 6. The quantitative estimate of drug-likeness (QED) is 0.192. The molecule has 6 aromatic carbocycles. The second kappa shape index (κ2) is 10.8. The summed E-state index contributed by atoms with van der Waals surface area (Å²) >= 11 is 0. The molecule has 0 N–H and O–H groups in total. The second-order valence-electron chi connectivity index (χ2n) is 13.3. The van der Waals surface area contributed by atoms with E-state index >= 15 is 0 Å². The van der Waals surface area contributed by atoms with Crippen LogP contribution in [0, 0.1) is 6.92 Å². The first-order valence-corrected chi connectivity index (χ1v) is 16.6. The zero-order valence-corrected chi connectivity index (χ0v) is 27.4. The number of aromatic nitrogens is 2. The number of fused-ring (bicyclic) bond motifs is 6. The third-order valence-corrected chi connectivity index (χ3v) is 10.2. The average molecular weight is 618 g/mol. The van der Waals surface area contributed by atoms with Crippen LogP contribution < -0.4 is 4.90 Å². The van der Waals surface area contributed by atoms with E-state index < -0.39 is 0 Å². The average Bonchev–Trinajstić information content (AvgIpc) is 3.58. The van der Waals surface area contributed by atoms with Gasteiger partial charge in [-0.2, -0.15) is 0 Å². The van der Waals surface area contributed by atoms with Crippen molar-refractivity contribution in [1.82, 2.24) is 9.55 Å². The molecule has 0 atom stereocenters. The summed E-state index contributed by atoms with van der Waals surface area (Å²) in [5.41, 5.74) is 14.6. The van der Waals surface area contributed by atoms with E-state index in [1.54, 1.807) is 0 Å². The number of hydrogen-bond donors (Lipinski definition) is 0. The van der Waals surface area contributed by atoms with E-state index in [0.717, 1.165) is 22.8 Å². The molecule has 0 fully saturated rings. The standard InChI is InChI=1S/C45H35N3/c1-30-12-11-27-46-44(30)47(35-24-25-37-36-15-7-9-17-40(36)45(2,3)41(37)29-35)34-22-19-31(20-23-34)32-21-26-43-39(28-32)38-16-8-10-18-42(38)48(43)33-13-5-4-6-14-33/h4-29H,1-3H3. The molecule has 0 unspecified atom stereocenters. The van der Waals surface area contributed by atoms with E-state index in [1.807, 2.05) is 12.3 Å². The molecule has 1 aliphatic rings. The van der Waals surface area contributed by atoms with Crippen molar-refractivity contribution in [2.45, 2.75) is 26.2 Å². The zero-order valence-electron chi connectivity index (χ0n) is 27.4. The maximum Gasteiger partial charge on any atom is 0.140 e. The van der Waals surface area contributed by atoms with Gasteiger partial charge in [0.2, 0.25) is 0 Å². The van der Waals surface area contributed by atoms with E-state index in [4.69, 9.17) is 4.98 Å². The largest absolute Gasteiger partial charge is 0.309 e. The highest BCUT2D eigenvalue weighted by atomic mass is 15.2. The number of rotatable bonds is 5. The van der Waals surface area contributed by atoms with Crippen molar-refractivity contribution in [2.24, 2.45) is 0 Å². The van der Waals surface area contributed by atoms with Gasteiger partial charge < -0.3 is 4.57 Å². The molecule has 0 amide bonds. The molecular weight excluding hydrogens is 583 g/mol. The van der Waals surface area contributed by atoms with E-state index in [0.29, 0.717) is 0 Å². The predicted octanol–water partition coefficient (Wildman–Crippen LogP) is 11.9. The van der Waals surface area contributed by atoms with E-state index in [9.17, 15) is 0 Å². The van der Waals surface area contributed by atoms with Crippen molar-refractivity contribution in [2.75, 3.05) is 4.90 Å². The molecule has 0 saturated heterocycles. The number of para-hydroxylation sites is 2. The van der Waals surface area contributed by atoms with Gasteiger partial charge in [-0.1, -0.05) is 105 Å². The minimum absolute atomic E-state index is 0.0844. The molecule has 230 valence electrons. The first kappa shape index (κ1) is 28.3. The monoisotopic (exact) mass is 617 g/mol. The molecule has 0 aliphatic heterocycles. The smallest absolute Gasteiger partial charge is 0.140 e. The zero-order chi connectivity index (χ0) is 32.4. The predicted molar refractivity (Wildman–Crippen MR) is 201 cm³/mol. The van der Waals surface area contributed by atoms with E-state index in [2.05, 4.69) is 176 Å². The molecule has 0 saturated carbocycles. The van der Waals surface area contributed by atoms with Crippen LogP contribution in [0.1, 0.15) is 30.5 Å². The van der Waals surface area contributed by atoms with E-state index in [1.165, 1.54) is 60.9 Å². The molecule has 9 rings (SSSR count). The Balaban J connectivity index is 1.14. The Labute approximate surface area is 281 Å². The molecule has 0 spiro atoms. The molecule has 0 radical (unpaired) electrons. The van der Waals surface area contributed by atoms with E-state index in [-0.39, 0.29) is 5.41 Å². The number of pyridine rings is 1.